The maximum Gasteiger partial charge on any atom is 0.230 e. The van der Waals surface area contributed by atoms with Crippen LogP contribution in [-0.2, 0) is 10.5 Å². The van der Waals surface area contributed by atoms with Crippen LogP contribution in [0.25, 0.3) is 0 Å². The van der Waals surface area contributed by atoms with Crippen molar-refractivity contribution in [3.63, 3.8) is 0 Å². The van der Waals surface area contributed by atoms with E-state index in [4.69, 9.17) is 5.11 Å². The first-order valence-electron chi connectivity index (χ1n) is 6.16. The molecular formula is C14H21NO2S. The quantitative estimate of drug-likeness (QED) is 0.795. The predicted octanol–water partition coefficient (Wildman–Crippen LogP) is 2.12. The molecule has 18 heavy (non-hydrogen) atoms. The van der Waals surface area contributed by atoms with Gasteiger partial charge in [-0.3, -0.25) is 4.79 Å². The number of carbonyl (C=O) groups is 1. The Balaban J connectivity index is 2.15. The molecule has 1 unspecified atom stereocenters. The van der Waals surface area contributed by atoms with Crippen LogP contribution < -0.4 is 5.32 Å². The van der Waals surface area contributed by atoms with Crippen LogP contribution in [0.4, 0.5) is 0 Å². The second-order valence-corrected chi connectivity index (χ2v) is 5.46. The van der Waals surface area contributed by atoms with Gasteiger partial charge in [-0.2, -0.15) is 0 Å². The molecule has 1 amide bonds. The lowest BCUT2D eigenvalue weighted by molar-refractivity contribution is -0.118. The van der Waals surface area contributed by atoms with E-state index in [0.717, 1.165) is 5.75 Å². The molecule has 2 N–H and O–H groups in total. The van der Waals surface area contributed by atoms with E-state index < -0.39 is 0 Å². The van der Waals surface area contributed by atoms with E-state index in [2.05, 4.69) is 30.4 Å². The van der Waals surface area contributed by atoms with Gasteiger partial charge in [-0.1, -0.05) is 29.8 Å². The fourth-order valence-electron chi connectivity index (χ4n) is 1.54. The van der Waals surface area contributed by atoms with Crippen LogP contribution in [0.15, 0.2) is 24.3 Å². The van der Waals surface area contributed by atoms with Gasteiger partial charge in [-0.05, 0) is 25.8 Å². The first kappa shape index (κ1) is 15.1. The average molecular weight is 267 g/mol. The van der Waals surface area contributed by atoms with Gasteiger partial charge in [-0.15, -0.1) is 11.8 Å². The largest absolute Gasteiger partial charge is 0.393 e. The molecule has 1 aromatic carbocycles. The highest BCUT2D eigenvalue weighted by Crippen LogP contribution is 2.13. The molecule has 3 nitrogen and oxygen atoms in total. The number of hydrogen-bond acceptors (Lipinski definition) is 3. The Kier molecular flexibility index (Phi) is 6.83. The number of amides is 1. The van der Waals surface area contributed by atoms with Gasteiger partial charge in [0.1, 0.15) is 0 Å². The monoisotopic (exact) mass is 267 g/mol. The Bertz CT molecular complexity index is 380. The van der Waals surface area contributed by atoms with Gasteiger partial charge in [0.2, 0.25) is 5.91 Å². The van der Waals surface area contributed by atoms with Crippen LogP contribution in [0, 0.1) is 6.92 Å². The Labute approximate surface area is 113 Å². The maximum absolute atomic E-state index is 11.5. The van der Waals surface area contributed by atoms with E-state index in [1.165, 1.54) is 11.1 Å². The zero-order chi connectivity index (χ0) is 13.4. The molecule has 4 heteroatoms. The molecule has 1 rings (SSSR count). The van der Waals surface area contributed by atoms with Crippen molar-refractivity contribution in [2.75, 3.05) is 12.3 Å². The van der Waals surface area contributed by atoms with Crippen LogP contribution in [0.2, 0.25) is 0 Å². The van der Waals surface area contributed by atoms with E-state index in [1.807, 2.05) is 6.07 Å². The molecule has 0 heterocycles. The van der Waals surface area contributed by atoms with Gasteiger partial charge in [0.25, 0.3) is 0 Å². The Morgan fingerprint density at radius 3 is 2.94 bits per heavy atom. The molecule has 1 atom stereocenters. The summed E-state index contributed by atoms with van der Waals surface area (Å²) in [5.74, 6) is 1.35. The molecule has 0 spiro atoms. The van der Waals surface area contributed by atoms with E-state index >= 15 is 0 Å². The van der Waals surface area contributed by atoms with Crippen LogP contribution >= 0.6 is 11.8 Å². The van der Waals surface area contributed by atoms with Crippen molar-refractivity contribution in [1.82, 2.24) is 5.32 Å². The van der Waals surface area contributed by atoms with Gasteiger partial charge in [0, 0.05) is 12.3 Å². The molecule has 100 valence electrons. The number of aryl methyl sites for hydroxylation is 1. The number of thioether (sulfide) groups is 1. The molecule has 0 saturated carbocycles. The predicted molar refractivity (Wildman–Crippen MR) is 76.6 cm³/mol. The molecule has 0 radical (unpaired) electrons. The van der Waals surface area contributed by atoms with E-state index in [9.17, 15) is 4.79 Å². The fourth-order valence-corrected chi connectivity index (χ4v) is 2.34. The molecule has 0 fully saturated rings. The molecule has 0 aliphatic rings. The third kappa shape index (κ3) is 6.67. The summed E-state index contributed by atoms with van der Waals surface area (Å²) in [6.07, 6.45) is 0.249. The Morgan fingerprint density at radius 1 is 1.50 bits per heavy atom. The van der Waals surface area contributed by atoms with Crippen LogP contribution in [0.1, 0.15) is 24.5 Å². The van der Waals surface area contributed by atoms with E-state index in [1.54, 1.807) is 18.7 Å². The lowest BCUT2D eigenvalue weighted by Gasteiger charge is -2.07. The summed E-state index contributed by atoms with van der Waals surface area (Å²) >= 11 is 1.61. The smallest absolute Gasteiger partial charge is 0.230 e. The summed E-state index contributed by atoms with van der Waals surface area (Å²) < 4.78 is 0. The summed E-state index contributed by atoms with van der Waals surface area (Å²) in [5.41, 5.74) is 2.49. The lowest BCUT2D eigenvalue weighted by atomic mass is 10.2. The van der Waals surface area contributed by atoms with Crippen LogP contribution in [0.5, 0.6) is 0 Å². The summed E-state index contributed by atoms with van der Waals surface area (Å²) in [6, 6.07) is 8.31. The molecule has 0 aliphatic heterocycles. The second-order valence-electron chi connectivity index (χ2n) is 4.47. The third-order valence-corrected chi connectivity index (χ3v) is 3.47. The first-order valence-corrected chi connectivity index (χ1v) is 7.31. The van der Waals surface area contributed by atoms with Gasteiger partial charge in [0.15, 0.2) is 0 Å². The highest BCUT2D eigenvalue weighted by atomic mass is 32.2. The Morgan fingerprint density at radius 2 is 2.28 bits per heavy atom. The van der Waals surface area contributed by atoms with Gasteiger partial charge in [0.05, 0.1) is 11.9 Å². The van der Waals surface area contributed by atoms with Crippen molar-refractivity contribution in [2.24, 2.45) is 0 Å². The van der Waals surface area contributed by atoms with Crippen molar-refractivity contribution >= 4 is 17.7 Å². The van der Waals surface area contributed by atoms with E-state index in [0.29, 0.717) is 18.7 Å². The summed E-state index contributed by atoms with van der Waals surface area (Å²) in [4.78, 5) is 11.5. The van der Waals surface area contributed by atoms with Gasteiger partial charge < -0.3 is 10.4 Å². The summed E-state index contributed by atoms with van der Waals surface area (Å²) in [7, 11) is 0. The van der Waals surface area contributed by atoms with E-state index in [-0.39, 0.29) is 12.0 Å². The molecule has 0 aromatic heterocycles. The minimum atomic E-state index is -0.356. The standard InChI is InChI=1S/C14H21NO2S/c1-11-4-3-5-13(8-11)9-18-10-14(17)15-7-6-12(2)16/h3-5,8,12,16H,6-7,9-10H2,1-2H3,(H,15,17). The SMILES string of the molecule is Cc1cccc(CSCC(=O)NCCC(C)O)c1. The fraction of sp³-hybridized carbons (Fsp3) is 0.500. The second kappa shape index (κ2) is 8.16. The number of benzene rings is 1. The van der Waals surface area contributed by atoms with Crippen molar-refractivity contribution < 1.29 is 9.90 Å². The van der Waals surface area contributed by atoms with Crippen molar-refractivity contribution in [3.8, 4) is 0 Å². The minimum Gasteiger partial charge on any atom is -0.393 e. The molecule has 1 aromatic rings. The summed E-state index contributed by atoms with van der Waals surface area (Å²) in [6.45, 7) is 4.33. The molecule has 0 bridgehead atoms. The number of aliphatic hydroxyl groups excluding tert-OH is 1. The topological polar surface area (TPSA) is 49.3 Å². The lowest BCUT2D eigenvalue weighted by Crippen LogP contribution is -2.28. The normalized spacial score (nSPS) is 12.2. The molecular weight excluding hydrogens is 246 g/mol. The zero-order valence-corrected chi connectivity index (χ0v) is 11.8. The molecule has 0 saturated heterocycles. The molecule has 0 aliphatic carbocycles. The third-order valence-electron chi connectivity index (χ3n) is 2.47. The van der Waals surface area contributed by atoms with Crippen LogP contribution in [0.3, 0.4) is 0 Å². The first-order chi connectivity index (χ1) is 8.58. The van der Waals surface area contributed by atoms with Crippen molar-refractivity contribution in [2.45, 2.75) is 32.1 Å². The maximum atomic E-state index is 11.5. The Hall–Kier alpha value is -1.00. The zero-order valence-electron chi connectivity index (χ0n) is 11.0. The minimum absolute atomic E-state index is 0.0355. The summed E-state index contributed by atoms with van der Waals surface area (Å²) in [5, 5.41) is 11.9. The average Bonchev–Trinajstić information content (AvgIpc) is 2.28. The van der Waals surface area contributed by atoms with Crippen molar-refractivity contribution in [1.29, 1.82) is 0 Å². The number of aliphatic hydroxyl groups is 1. The highest BCUT2D eigenvalue weighted by molar-refractivity contribution is 7.99. The van der Waals surface area contributed by atoms with Crippen molar-refractivity contribution in [3.05, 3.63) is 35.4 Å². The highest BCUT2D eigenvalue weighted by Gasteiger charge is 2.02. The van der Waals surface area contributed by atoms with Gasteiger partial charge in [-0.25, -0.2) is 0 Å². The number of rotatable bonds is 7. The van der Waals surface area contributed by atoms with Crippen LogP contribution in [-0.4, -0.2) is 29.4 Å². The number of carbonyl (C=O) groups excluding carboxylic acids is 1. The van der Waals surface area contributed by atoms with Gasteiger partial charge >= 0.3 is 0 Å². The number of nitrogens with one attached hydrogen (secondary N) is 1. The number of hydrogen-bond donors (Lipinski definition) is 2.